The number of amides is 3. The lowest BCUT2D eigenvalue weighted by Gasteiger charge is -2.32. The number of thiophene rings is 1. The number of nitrogens with one attached hydrogen (secondary N) is 1. The van der Waals surface area contributed by atoms with Crippen LogP contribution >= 0.6 is 11.3 Å². The maximum absolute atomic E-state index is 13.5. The summed E-state index contributed by atoms with van der Waals surface area (Å²) in [6, 6.07) is 6.62. The number of aromatic nitrogens is 1. The highest BCUT2D eigenvalue weighted by Gasteiger charge is 2.45. The summed E-state index contributed by atoms with van der Waals surface area (Å²) in [4.78, 5) is 50.7. The monoisotopic (exact) mass is 469 g/mol. The van der Waals surface area contributed by atoms with Gasteiger partial charge in [-0.25, -0.2) is 0 Å². The van der Waals surface area contributed by atoms with E-state index in [2.05, 4.69) is 10.3 Å². The van der Waals surface area contributed by atoms with E-state index in [1.807, 2.05) is 41.2 Å². The zero-order valence-electron chi connectivity index (χ0n) is 19.1. The maximum Gasteiger partial charge on any atom is 0.256 e. The van der Waals surface area contributed by atoms with Crippen molar-refractivity contribution in [2.45, 2.75) is 38.9 Å². The van der Waals surface area contributed by atoms with Crippen molar-refractivity contribution in [2.75, 3.05) is 32.7 Å². The van der Waals surface area contributed by atoms with Crippen LogP contribution < -0.4 is 5.32 Å². The Morgan fingerprint density at radius 2 is 2.00 bits per heavy atom. The van der Waals surface area contributed by atoms with Crippen LogP contribution in [0.15, 0.2) is 42.0 Å². The van der Waals surface area contributed by atoms with E-state index in [4.69, 9.17) is 0 Å². The number of rotatable bonds is 6. The summed E-state index contributed by atoms with van der Waals surface area (Å²) in [5.41, 5.74) is 0.455. The lowest BCUT2D eigenvalue weighted by molar-refractivity contribution is -0.138. The van der Waals surface area contributed by atoms with Crippen LogP contribution in [0, 0.1) is 5.92 Å². The van der Waals surface area contributed by atoms with Crippen LogP contribution in [0.4, 0.5) is 0 Å². The second-order valence-electron chi connectivity index (χ2n) is 8.88. The lowest BCUT2D eigenvalue weighted by Crippen LogP contribution is -2.53. The summed E-state index contributed by atoms with van der Waals surface area (Å²) in [7, 11) is 0. The van der Waals surface area contributed by atoms with Crippen molar-refractivity contribution in [3.63, 3.8) is 0 Å². The van der Waals surface area contributed by atoms with Crippen LogP contribution in [0.5, 0.6) is 0 Å². The Morgan fingerprint density at radius 3 is 2.64 bits per heavy atom. The summed E-state index contributed by atoms with van der Waals surface area (Å²) in [5.74, 6) is -0.385. The molecule has 2 aromatic rings. The van der Waals surface area contributed by atoms with Crippen molar-refractivity contribution < 1.29 is 14.4 Å². The van der Waals surface area contributed by atoms with Gasteiger partial charge in [0, 0.05) is 55.9 Å². The van der Waals surface area contributed by atoms with Gasteiger partial charge in [-0.2, -0.15) is 0 Å². The molecule has 9 heteroatoms. The topological polar surface area (TPSA) is 85.9 Å². The molecule has 0 bridgehead atoms. The second-order valence-corrected chi connectivity index (χ2v) is 9.91. The smallest absolute Gasteiger partial charge is 0.256 e. The molecule has 4 rings (SSSR count). The Bertz CT molecular complexity index is 960. The minimum Gasteiger partial charge on any atom is -0.338 e. The van der Waals surface area contributed by atoms with Crippen LogP contribution in [0.1, 0.15) is 35.5 Å². The molecule has 0 aliphatic carbocycles. The number of pyridine rings is 1. The van der Waals surface area contributed by atoms with E-state index in [1.165, 1.54) is 6.20 Å². The van der Waals surface area contributed by atoms with E-state index in [9.17, 15) is 14.4 Å². The fraction of sp³-hybridized carbons (Fsp3) is 0.500. The van der Waals surface area contributed by atoms with Gasteiger partial charge in [0.1, 0.15) is 6.04 Å². The SMILES string of the molecule is CC(C)C(=O)N(Cc1cccs1)C1CC(C(=O)N2CCNCC2)N(C(=O)c2cccnc2)C1. The van der Waals surface area contributed by atoms with E-state index in [0.717, 1.165) is 18.0 Å². The van der Waals surface area contributed by atoms with Gasteiger partial charge in [-0.1, -0.05) is 19.9 Å². The van der Waals surface area contributed by atoms with E-state index in [-0.39, 0.29) is 29.7 Å². The normalized spacial score (nSPS) is 20.8. The van der Waals surface area contributed by atoms with Crippen LogP contribution in [0.3, 0.4) is 0 Å². The average Bonchev–Trinajstić information content (AvgIpc) is 3.52. The lowest BCUT2D eigenvalue weighted by atomic mass is 10.1. The van der Waals surface area contributed by atoms with Crippen molar-refractivity contribution in [1.29, 1.82) is 0 Å². The quantitative estimate of drug-likeness (QED) is 0.698. The molecule has 2 aliphatic heterocycles. The fourth-order valence-corrected chi connectivity index (χ4v) is 5.24. The molecule has 4 heterocycles. The summed E-state index contributed by atoms with van der Waals surface area (Å²) in [6.45, 7) is 7.34. The highest BCUT2D eigenvalue weighted by atomic mass is 32.1. The van der Waals surface area contributed by atoms with Crippen molar-refractivity contribution in [3.8, 4) is 0 Å². The molecular weight excluding hydrogens is 438 g/mol. The molecule has 2 saturated heterocycles. The predicted octanol–water partition coefficient (Wildman–Crippen LogP) is 1.84. The highest BCUT2D eigenvalue weighted by molar-refractivity contribution is 7.09. The van der Waals surface area contributed by atoms with Gasteiger partial charge in [0.15, 0.2) is 0 Å². The molecule has 1 N–H and O–H groups in total. The fourth-order valence-electron chi connectivity index (χ4n) is 4.54. The summed E-state index contributed by atoms with van der Waals surface area (Å²) in [6.07, 6.45) is 3.60. The summed E-state index contributed by atoms with van der Waals surface area (Å²) >= 11 is 1.61. The molecule has 0 spiro atoms. The van der Waals surface area contributed by atoms with E-state index in [0.29, 0.717) is 38.2 Å². The third-order valence-corrected chi connectivity index (χ3v) is 7.15. The zero-order chi connectivity index (χ0) is 23.4. The van der Waals surface area contributed by atoms with Gasteiger partial charge < -0.3 is 20.0 Å². The van der Waals surface area contributed by atoms with Gasteiger partial charge in [-0.05, 0) is 30.0 Å². The molecule has 33 heavy (non-hydrogen) atoms. The number of nitrogens with zero attached hydrogens (tertiary/aromatic N) is 4. The third-order valence-electron chi connectivity index (χ3n) is 6.29. The molecule has 2 aliphatic rings. The Labute approximate surface area is 198 Å². The molecule has 2 aromatic heterocycles. The molecule has 3 amide bonds. The van der Waals surface area contributed by atoms with E-state index in [1.54, 1.807) is 34.6 Å². The van der Waals surface area contributed by atoms with Gasteiger partial charge in [0.25, 0.3) is 5.91 Å². The zero-order valence-corrected chi connectivity index (χ0v) is 20.0. The van der Waals surface area contributed by atoms with Crippen LogP contribution in [-0.2, 0) is 16.1 Å². The van der Waals surface area contributed by atoms with Gasteiger partial charge in [0.05, 0.1) is 18.2 Å². The van der Waals surface area contributed by atoms with Crippen molar-refractivity contribution >= 4 is 29.1 Å². The number of carbonyl (C=O) groups excluding carboxylic acids is 3. The molecule has 0 radical (unpaired) electrons. The van der Waals surface area contributed by atoms with E-state index < -0.39 is 6.04 Å². The first-order chi connectivity index (χ1) is 16.0. The molecule has 2 unspecified atom stereocenters. The summed E-state index contributed by atoms with van der Waals surface area (Å²) in [5, 5.41) is 5.26. The van der Waals surface area contributed by atoms with Crippen LogP contribution in [-0.4, -0.2) is 82.2 Å². The molecular formula is C24H31N5O3S. The minimum atomic E-state index is -0.591. The van der Waals surface area contributed by atoms with Crippen LogP contribution in [0.2, 0.25) is 0 Å². The molecule has 0 aromatic carbocycles. The van der Waals surface area contributed by atoms with Gasteiger partial charge in [-0.3, -0.25) is 19.4 Å². The maximum atomic E-state index is 13.5. The van der Waals surface area contributed by atoms with E-state index >= 15 is 0 Å². The Morgan fingerprint density at radius 1 is 1.21 bits per heavy atom. The first-order valence-corrected chi connectivity index (χ1v) is 12.4. The first-order valence-electron chi connectivity index (χ1n) is 11.5. The number of hydrogen-bond acceptors (Lipinski definition) is 6. The molecule has 8 nitrogen and oxygen atoms in total. The largest absolute Gasteiger partial charge is 0.338 e. The molecule has 176 valence electrons. The van der Waals surface area contributed by atoms with Gasteiger partial charge in [0.2, 0.25) is 11.8 Å². The van der Waals surface area contributed by atoms with Gasteiger partial charge >= 0.3 is 0 Å². The van der Waals surface area contributed by atoms with Crippen molar-refractivity contribution in [3.05, 3.63) is 52.5 Å². The summed E-state index contributed by atoms with van der Waals surface area (Å²) < 4.78 is 0. The number of hydrogen-bond donors (Lipinski definition) is 1. The minimum absolute atomic E-state index is 0.0377. The number of likely N-dealkylation sites (tertiary alicyclic amines) is 1. The van der Waals surface area contributed by atoms with Gasteiger partial charge in [-0.15, -0.1) is 11.3 Å². The first kappa shape index (κ1) is 23.4. The van der Waals surface area contributed by atoms with Crippen molar-refractivity contribution in [2.24, 2.45) is 5.92 Å². The molecule has 2 fully saturated rings. The second kappa shape index (κ2) is 10.4. The number of carbonyl (C=O) groups is 3. The predicted molar refractivity (Wildman–Crippen MR) is 127 cm³/mol. The Balaban J connectivity index is 1.62. The molecule has 2 atom stereocenters. The van der Waals surface area contributed by atoms with Crippen molar-refractivity contribution in [1.82, 2.24) is 25.0 Å². The van der Waals surface area contributed by atoms with Crippen LogP contribution in [0.25, 0.3) is 0 Å². The number of piperazine rings is 1. The Kier molecular flexibility index (Phi) is 7.39. The average molecular weight is 470 g/mol. The molecule has 0 saturated carbocycles. The highest BCUT2D eigenvalue weighted by Crippen LogP contribution is 2.29. The third kappa shape index (κ3) is 5.25. The Hall–Kier alpha value is -2.78. The standard InChI is InChI=1S/C24H31N5O3S/c1-17(2)22(30)28(16-20-6-4-12-33-20)19-13-21(24(32)27-10-8-25-9-11-27)29(15-19)23(31)18-5-3-7-26-14-18/h3-7,12,14,17,19,21,25H,8-11,13,15-16H2,1-2H3.